The first-order valence-corrected chi connectivity index (χ1v) is 12.4. The van der Waals surface area contributed by atoms with Gasteiger partial charge in [0.25, 0.3) is 17.7 Å². The molecule has 0 aromatic heterocycles. The molecule has 9 heteroatoms. The molecule has 2 aliphatic heterocycles. The summed E-state index contributed by atoms with van der Waals surface area (Å²) in [6.45, 7) is 3.23. The van der Waals surface area contributed by atoms with Crippen molar-refractivity contribution in [1.29, 1.82) is 0 Å². The van der Waals surface area contributed by atoms with Crippen LogP contribution in [0.4, 0.5) is 5.69 Å². The summed E-state index contributed by atoms with van der Waals surface area (Å²) in [5, 5.41) is 3.41. The molecule has 0 spiro atoms. The SMILES string of the molecule is COc1cc(N)c(Cl)cc1C(=O)NC1CCN(CCCCCN2C(=O)c3ccccc3C2=O)CC1. The van der Waals surface area contributed by atoms with Crippen molar-refractivity contribution in [1.82, 2.24) is 15.1 Å². The summed E-state index contributed by atoms with van der Waals surface area (Å²) >= 11 is 6.09. The number of carbonyl (C=O) groups is 3. The summed E-state index contributed by atoms with van der Waals surface area (Å²) < 4.78 is 5.29. The van der Waals surface area contributed by atoms with Crippen LogP contribution >= 0.6 is 11.6 Å². The predicted molar refractivity (Wildman–Crippen MR) is 135 cm³/mol. The highest BCUT2D eigenvalue weighted by Crippen LogP contribution is 2.29. The monoisotopic (exact) mass is 498 g/mol. The standard InChI is InChI=1S/C26H31ClN4O4/c1-35-23-16-22(28)21(27)15-20(23)24(32)29-17-9-13-30(14-10-17)11-5-2-6-12-31-25(33)18-7-3-4-8-19(18)26(31)34/h3-4,7-8,15-17H,2,5-6,9-14,28H2,1H3,(H,29,32). The summed E-state index contributed by atoms with van der Waals surface area (Å²) in [7, 11) is 1.50. The van der Waals surface area contributed by atoms with Gasteiger partial charge in [0, 0.05) is 31.7 Å². The second-order valence-electron chi connectivity index (χ2n) is 9.03. The number of imide groups is 1. The zero-order chi connectivity index (χ0) is 24.9. The number of fused-ring (bicyclic) bond motifs is 1. The van der Waals surface area contributed by atoms with E-state index in [1.165, 1.54) is 12.0 Å². The number of benzene rings is 2. The molecule has 0 saturated carbocycles. The lowest BCUT2D eigenvalue weighted by Gasteiger charge is -2.32. The lowest BCUT2D eigenvalue weighted by molar-refractivity contribution is 0.0651. The molecule has 2 aromatic carbocycles. The number of rotatable bonds is 9. The smallest absolute Gasteiger partial charge is 0.261 e. The fourth-order valence-electron chi connectivity index (χ4n) is 4.70. The third-order valence-corrected chi connectivity index (χ3v) is 7.05. The summed E-state index contributed by atoms with van der Waals surface area (Å²) in [6, 6.07) is 10.2. The third kappa shape index (κ3) is 5.60. The number of carbonyl (C=O) groups excluding carboxylic acids is 3. The largest absolute Gasteiger partial charge is 0.496 e. The molecule has 0 atom stereocenters. The molecule has 186 valence electrons. The van der Waals surface area contributed by atoms with E-state index in [1.807, 2.05) is 0 Å². The number of unbranched alkanes of at least 4 members (excludes halogenated alkanes) is 2. The minimum atomic E-state index is -0.213. The average molecular weight is 499 g/mol. The Morgan fingerprint density at radius 3 is 2.31 bits per heavy atom. The van der Waals surface area contributed by atoms with E-state index in [4.69, 9.17) is 22.1 Å². The molecule has 2 heterocycles. The molecule has 1 saturated heterocycles. The van der Waals surface area contributed by atoms with Crippen LogP contribution in [0.2, 0.25) is 5.02 Å². The number of piperidine rings is 1. The van der Waals surface area contributed by atoms with E-state index in [1.54, 1.807) is 36.4 Å². The lowest BCUT2D eigenvalue weighted by Crippen LogP contribution is -2.44. The van der Waals surface area contributed by atoms with Crippen LogP contribution in [0.15, 0.2) is 36.4 Å². The summed E-state index contributed by atoms with van der Waals surface area (Å²) in [6.07, 6.45) is 4.48. The zero-order valence-corrected chi connectivity index (χ0v) is 20.6. The highest BCUT2D eigenvalue weighted by atomic mass is 35.5. The van der Waals surface area contributed by atoms with Crippen LogP contribution in [0.25, 0.3) is 0 Å². The van der Waals surface area contributed by atoms with Crippen LogP contribution in [0.1, 0.15) is 63.2 Å². The molecular formula is C26H31ClN4O4. The van der Waals surface area contributed by atoms with Crippen molar-refractivity contribution in [3.05, 3.63) is 58.1 Å². The number of nitrogens with one attached hydrogen (secondary N) is 1. The highest BCUT2D eigenvalue weighted by Gasteiger charge is 2.34. The minimum absolute atomic E-state index is 0.0913. The molecular weight excluding hydrogens is 468 g/mol. The average Bonchev–Trinajstić information content (AvgIpc) is 3.11. The molecule has 3 amide bonds. The van der Waals surface area contributed by atoms with Crippen molar-refractivity contribution in [2.45, 2.75) is 38.1 Å². The molecule has 0 radical (unpaired) electrons. The number of methoxy groups -OCH3 is 1. The maximum Gasteiger partial charge on any atom is 0.261 e. The van der Waals surface area contributed by atoms with Crippen molar-refractivity contribution in [3.8, 4) is 5.75 Å². The number of halogens is 1. The first-order chi connectivity index (χ1) is 16.9. The Kier molecular flexibility index (Phi) is 7.93. The number of hydrogen-bond donors (Lipinski definition) is 2. The molecule has 2 aliphatic rings. The molecule has 0 unspecified atom stereocenters. The van der Waals surface area contributed by atoms with Crippen molar-refractivity contribution >= 4 is 35.0 Å². The van der Waals surface area contributed by atoms with E-state index in [9.17, 15) is 14.4 Å². The summed E-state index contributed by atoms with van der Waals surface area (Å²) in [5.74, 6) is -0.180. The summed E-state index contributed by atoms with van der Waals surface area (Å²) in [4.78, 5) is 41.4. The van der Waals surface area contributed by atoms with Crippen molar-refractivity contribution in [3.63, 3.8) is 0 Å². The van der Waals surface area contributed by atoms with Crippen molar-refractivity contribution < 1.29 is 19.1 Å². The Labute approximate surface area is 210 Å². The fourth-order valence-corrected chi connectivity index (χ4v) is 4.87. The van der Waals surface area contributed by atoms with Gasteiger partial charge in [0.1, 0.15) is 5.75 Å². The van der Waals surface area contributed by atoms with Crippen LogP contribution in [0, 0.1) is 0 Å². The molecule has 3 N–H and O–H groups in total. The number of amides is 3. The molecule has 1 fully saturated rings. The van der Waals surface area contributed by atoms with Gasteiger partial charge in [-0.3, -0.25) is 19.3 Å². The number of nitrogen functional groups attached to an aromatic ring is 1. The second kappa shape index (κ2) is 11.1. The number of hydrogen-bond acceptors (Lipinski definition) is 6. The second-order valence-corrected chi connectivity index (χ2v) is 9.44. The predicted octanol–water partition coefficient (Wildman–Crippen LogP) is 3.59. The van der Waals surface area contributed by atoms with Gasteiger partial charge in [-0.2, -0.15) is 0 Å². The van der Waals surface area contributed by atoms with E-state index >= 15 is 0 Å². The number of anilines is 1. The van der Waals surface area contributed by atoms with Gasteiger partial charge in [0.2, 0.25) is 0 Å². The lowest BCUT2D eigenvalue weighted by atomic mass is 10.0. The number of nitrogens with zero attached hydrogens (tertiary/aromatic N) is 2. The van der Waals surface area contributed by atoms with Gasteiger partial charge in [0.05, 0.1) is 34.5 Å². The highest BCUT2D eigenvalue weighted by molar-refractivity contribution is 6.33. The maximum absolute atomic E-state index is 12.8. The van der Waals surface area contributed by atoms with E-state index in [2.05, 4.69) is 10.2 Å². The van der Waals surface area contributed by atoms with E-state index < -0.39 is 0 Å². The van der Waals surface area contributed by atoms with E-state index in [0.29, 0.717) is 39.7 Å². The van der Waals surface area contributed by atoms with Crippen LogP contribution < -0.4 is 15.8 Å². The van der Waals surface area contributed by atoms with Gasteiger partial charge in [-0.05, 0) is 50.4 Å². The zero-order valence-electron chi connectivity index (χ0n) is 19.9. The Balaban J connectivity index is 1.15. The Hall–Kier alpha value is -3.10. The molecule has 35 heavy (non-hydrogen) atoms. The summed E-state index contributed by atoms with van der Waals surface area (Å²) in [5.41, 5.74) is 7.57. The van der Waals surface area contributed by atoms with Crippen LogP contribution in [-0.4, -0.2) is 66.9 Å². The molecule has 8 nitrogen and oxygen atoms in total. The minimum Gasteiger partial charge on any atom is -0.496 e. The van der Waals surface area contributed by atoms with E-state index in [0.717, 1.165) is 51.7 Å². The molecule has 2 aromatic rings. The number of nitrogens with two attached hydrogens (primary N) is 1. The third-order valence-electron chi connectivity index (χ3n) is 6.72. The number of likely N-dealkylation sites (tertiary alicyclic amines) is 1. The molecule has 0 bridgehead atoms. The normalized spacial score (nSPS) is 16.5. The Morgan fingerprint density at radius 2 is 1.69 bits per heavy atom. The quantitative estimate of drug-likeness (QED) is 0.311. The van der Waals surface area contributed by atoms with Gasteiger partial charge in [-0.25, -0.2) is 0 Å². The first kappa shape index (κ1) is 25.0. The van der Waals surface area contributed by atoms with Crippen LogP contribution in [-0.2, 0) is 0 Å². The van der Waals surface area contributed by atoms with Crippen molar-refractivity contribution in [2.24, 2.45) is 0 Å². The van der Waals surface area contributed by atoms with Gasteiger partial charge < -0.3 is 20.7 Å². The first-order valence-electron chi connectivity index (χ1n) is 12.0. The maximum atomic E-state index is 12.8. The van der Waals surface area contributed by atoms with Gasteiger partial charge >= 0.3 is 0 Å². The molecule has 0 aliphatic carbocycles. The fraction of sp³-hybridized carbons (Fsp3) is 0.423. The van der Waals surface area contributed by atoms with Gasteiger partial charge in [-0.15, -0.1) is 0 Å². The Morgan fingerprint density at radius 1 is 1.06 bits per heavy atom. The Bertz CT molecular complexity index is 1080. The van der Waals surface area contributed by atoms with Crippen LogP contribution in [0.5, 0.6) is 5.75 Å². The van der Waals surface area contributed by atoms with Crippen molar-refractivity contribution in [2.75, 3.05) is 39.0 Å². The molecule has 4 rings (SSSR count). The van der Waals surface area contributed by atoms with Gasteiger partial charge in [-0.1, -0.05) is 30.2 Å². The van der Waals surface area contributed by atoms with Crippen LogP contribution in [0.3, 0.4) is 0 Å². The topological polar surface area (TPSA) is 105 Å². The van der Waals surface area contributed by atoms with E-state index in [-0.39, 0.29) is 23.8 Å². The number of ether oxygens (including phenoxy) is 1. The van der Waals surface area contributed by atoms with Gasteiger partial charge in [0.15, 0.2) is 0 Å².